The molecule has 2 N–H and O–H groups in total. The second kappa shape index (κ2) is 13.8. The molecule has 0 aliphatic carbocycles. The number of alkyl halides is 2. The van der Waals surface area contributed by atoms with Crippen LogP contribution in [0.15, 0.2) is 42.7 Å². The van der Waals surface area contributed by atoms with Crippen LogP contribution in [0.2, 0.25) is 0 Å². The van der Waals surface area contributed by atoms with Gasteiger partial charge >= 0.3 is 5.92 Å². The van der Waals surface area contributed by atoms with Crippen molar-refractivity contribution in [2.75, 3.05) is 63.3 Å². The maximum atomic E-state index is 14.9. The van der Waals surface area contributed by atoms with Crippen molar-refractivity contribution in [3.8, 4) is 29.0 Å². The molecular formula is C33H38F2N8O5. The number of piperidine rings is 1. The molecule has 1 amide bonds. The smallest absolute Gasteiger partial charge is 0.301 e. The summed E-state index contributed by atoms with van der Waals surface area (Å²) in [4.78, 5) is 31.1. The number of piperazine rings is 1. The van der Waals surface area contributed by atoms with Gasteiger partial charge < -0.3 is 34.4 Å². The Hall–Kier alpha value is -4.65. The van der Waals surface area contributed by atoms with Crippen molar-refractivity contribution in [2.24, 2.45) is 0 Å². The minimum absolute atomic E-state index is 0.00203. The van der Waals surface area contributed by atoms with Gasteiger partial charge in [-0.25, -0.2) is 18.7 Å². The normalized spacial score (nSPS) is 21.9. The van der Waals surface area contributed by atoms with Crippen LogP contribution in [0.25, 0.3) is 11.3 Å². The number of carbonyl (C=O) groups is 1. The number of aromatic nitrogens is 3. The first-order valence-corrected chi connectivity index (χ1v) is 15.8. The van der Waals surface area contributed by atoms with Gasteiger partial charge in [0, 0.05) is 50.3 Å². The highest BCUT2D eigenvalue weighted by Gasteiger charge is 2.48. The first-order chi connectivity index (χ1) is 23.1. The molecule has 5 heterocycles. The molecule has 1 aromatic carbocycles. The Morgan fingerprint density at radius 1 is 1.17 bits per heavy atom. The van der Waals surface area contributed by atoms with Gasteiger partial charge in [0.15, 0.2) is 6.10 Å². The molecule has 1 unspecified atom stereocenters. The van der Waals surface area contributed by atoms with E-state index in [2.05, 4.69) is 37.0 Å². The maximum Gasteiger partial charge on any atom is 0.301 e. The lowest BCUT2D eigenvalue weighted by molar-refractivity contribution is -0.165. The number of nitrogens with zero attached hydrogens (tertiary/aromatic N) is 7. The van der Waals surface area contributed by atoms with Crippen molar-refractivity contribution in [1.82, 2.24) is 24.8 Å². The largest absolute Gasteiger partial charge is 0.483 e. The zero-order valence-corrected chi connectivity index (χ0v) is 27.0. The van der Waals surface area contributed by atoms with Gasteiger partial charge in [0.1, 0.15) is 41.6 Å². The van der Waals surface area contributed by atoms with Crippen LogP contribution in [0, 0.1) is 11.3 Å². The number of nitrogens with one attached hydrogen (secondary N) is 1. The number of hydrogen-bond acceptors (Lipinski definition) is 12. The lowest BCUT2D eigenvalue weighted by Crippen LogP contribution is -2.59. The van der Waals surface area contributed by atoms with Gasteiger partial charge in [-0.05, 0) is 44.2 Å². The third-order valence-corrected chi connectivity index (χ3v) is 8.93. The highest BCUT2D eigenvalue weighted by molar-refractivity contribution is 5.80. The van der Waals surface area contributed by atoms with Gasteiger partial charge in [0.2, 0.25) is 5.88 Å². The second-order valence-corrected chi connectivity index (χ2v) is 12.3. The van der Waals surface area contributed by atoms with Crippen LogP contribution in [0.4, 0.5) is 26.1 Å². The van der Waals surface area contributed by atoms with Crippen LogP contribution >= 0.6 is 0 Å². The van der Waals surface area contributed by atoms with Gasteiger partial charge in [-0.2, -0.15) is 10.2 Å². The number of likely N-dealkylation sites (tertiary alicyclic amines) is 1. The SMILES string of the molecule is COc1nc(Nc2cc(-c3ccc(O[C@H]4CCN(C(=O)C(C)O)CC4(F)F)c(C#N)c3)ncn2)ccc1N1CCN(C2COC2)C[C@@H]1C. The number of amides is 1. The van der Waals surface area contributed by atoms with E-state index in [1.165, 1.54) is 25.4 Å². The van der Waals surface area contributed by atoms with E-state index >= 15 is 0 Å². The van der Waals surface area contributed by atoms with E-state index in [9.17, 15) is 23.9 Å². The summed E-state index contributed by atoms with van der Waals surface area (Å²) in [5, 5.41) is 22.5. The summed E-state index contributed by atoms with van der Waals surface area (Å²) in [6, 6.07) is 12.9. The summed E-state index contributed by atoms with van der Waals surface area (Å²) in [6.45, 7) is 6.84. The summed E-state index contributed by atoms with van der Waals surface area (Å²) in [5.41, 5.74) is 2.00. The number of hydrogen-bond donors (Lipinski definition) is 2. The third-order valence-electron chi connectivity index (χ3n) is 8.93. The van der Waals surface area contributed by atoms with Gasteiger partial charge in [-0.1, -0.05) is 0 Å². The van der Waals surface area contributed by atoms with Gasteiger partial charge in [-0.3, -0.25) is 9.69 Å². The van der Waals surface area contributed by atoms with Crippen molar-refractivity contribution >= 4 is 23.2 Å². The minimum Gasteiger partial charge on any atom is -0.483 e. The number of nitriles is 1. The fourth-order valence-corrected chi connectivity index (χ4v) is 6.25. The summed E-state index contributed by atoms with van der Waals surface area (Å²) in [5.74, 6) is -2.69. The Balaban J connectivity index is 1.13. The first kappa shape index (κ1) is 33.3. The fraction of sp³-hybridized carbons (Fsp3) is 0.485. The Morgan fingerprint density at radius 2 is 1.98 bits per heavy atom. The molecule has 0 saturated carbocycles. The number of aliphatic hydroxyl groups is 1. The van der Waals surface area contributed by atoms with E-state index in [1.54, 1.807) is 19.2 Å². The second-order valence-electron chi connectivity index (χ2n) is 12.3. The first-order valence-electron chi connectivity index (χ1n) is 15.8. The van der Waals surface area contributed by atoms with Crippen LogP contribution in [0.5, 0.6) is 11.6 Å². The molecule has 15 heteroatoms. The van der Waals surface area contributed by atoms with E-state index in [4.69, 9.17) is 14.2 Å². The molecule has 3 aliphatic rings. The zero-order valence-electron chi connectivity index (χ0n) is 27.0. The van der Waals surface area contributed by atoms with Crippen molar-refractivity contribution in [2.45, 2.75) is 50.5 Å². The van der Waals surface area contributed by atoms with Crippen LogP contribution in [0.1, 0.15) is 25.8 Å². The Labute approximate surface area is 277 Å². The molecule has 13 nitrogen and oxygen atoms in total. The molecule has 254 valence electrons. The highest BCUT2D eigenvalue weighted by atomic mass is 19.3. The van der Waals surface area contributed by atoms with E-state index < -0.39 is 30.6 Å². The van der Waals surface area contributed by atoms with Crippen molar-refractivity contribution in [3.63, 3.8) is 0 Å². The van der Waals surface area contributed by atoms with Crippen molar-refractivity contribution < 1.29 is 32.9 Å². The zero-order chi connectivity index (χ0) is 34.0. The lowest BCUT2D eigenvalue weighted by atomic mass is 10.0. The Kier molecular flexibility index (Phi) is 9.58. The average Bonchev–Trinajstić information content (AvgIpc) is 3.04. The van der Waals surface area contributed by atoms with E-state index in [0.717, 1.165) is 43.4 Å². The summed E-state index contributed by atoms with van der Waals surface area (Å²) < 4.78 is 46.6. The van der Waals surface area contributed by atoms with Crippen molar-refractivity contribution in [3.05, 3.63) is 48.3 Å². The van der Waals surface area contributed by atoms with Gasteiger partial charge in [0.05, 0.1) is 44.2 Å². The summed E-state index contributed by atoms with van der Waals surface area (Å²) in [7, 11) is 1.59. The summed E-state index contributed by atoms with van der Waals surface area (Å²) >= 11 is 0. The van der Waals surface area contributed by atoms with E-state index in [-0.39, 0.29) is 30.3 Å². The molecule has 0 spiro atoms. The number of anilines is 3. The third kappa shape index (κ3) is 6.96. The molecule has 3 aliphatic heterocycles. The number of pyridine rings is 1. The molecule has 0 radical (unpaired) electrons. The number of rotatable bonds is 9. The fourth-order valence-electron chi connectivity index (χ4n) is 6.25. The predicted octanol–water partition coefficient (Wildman–Crippen LogP) is 3.07. The molecule has 2 aromatic heterocycles. The van der Waals surface area contributed by atoms with Crippen LogP contribution in [-0.4, -0.2) is 119 Å². The van der Waals surface area contributed by atoms with Crippen LogP contribution in [0.3, 0.4) is 0 Å². The van der Waals surface area contributed by atoms with Crippen molar-refractivity contribution in [1.29, 1.82) is 5.26 Å². The molecule has 0 bridgehead atoms. The number of methoxy groups -OCH3 is 1. The maximum absolute atomic E-state index is 14.9. The molecule has 3 saturated heterocycles. The standard InChI is InChI=1S/C33H38F2N8O5/c1-20-15-41(24-16-47-17-24)10-11-43(20)26-5-7-29(40-31(26)46-3)39-30-13-25(37-19-38-30)22-4-6-27(23(12-22)14-36)48-28-8-9-42(18-33(28,34)35)32(45)21(2)44/h4-7,12-13,19-21,24,28,44H,8-11,15-18H2,1-3H3,(H,37,38,39,40)/t20-,21?,28-/m0/s1. The van der Waals surface area contributed by atoms with Crippen LogP contribution < -0.4 is 19.7 Å². The minimum atomic E-state index is -3.38. The number of aliphatic hydroxyl groups excluding tert-OH is 1. The molecule has 6 rings (SSSR count). The van der Waals surface area contributed by atoms with E-state index in [1.807, 2.05) is 18.2 Å². The Morgan fingerprint density at radius 3 is 2.65 bits per heavy atom. The Bertz CT molecular complexity index is 1680. The molecule has 3 fully saturated rings. The molecule has 3 atom stereocenters. The van der Waals surface area contributed by atoms with Crippen LogP contribution in [-0.2, 0) is 9.53 Å². The molecular weight excluding hydrogens is 626 g/mol. The van der Waals surface area contributed by atoms with E-state index in [0.29, 0.717) is 34.8 Å². The number of benzene rings is 1. The summed E-state index contributed by atoms with van der Waals surface area (Å²) in [6.07, 6.45) is -1.71. The van der Waals surface area contributed by atoms with Gasteiger partial charge in [-0.15, -0.1) is 0 Å². The predicted molar refractivity (Wildman–Crippen MR) is 171 cm³/mol. The quantitative estimate of drug-likeness (QED) is 0.346. The highest BCUT2D eigenvalue weighted by Crippen LogP contribution is 2.35. The topological polar surface area (TPSA) is 149 Å². The molecule has 48 heavy (non-hydrogen) atoms. The number of ether oxygens (including phenoxy) is 3. The molecule has 3 aromatic rings. The average molecular weight is 665 g/mol. The monoisotopic (exact) mass is 664 g/mol. The van der Waals surface area contributed by atoms with Gasteiger partial charge in [0.25, 0.3) is 5.91 Å². The number of carbonyl (C=O) groups excluding carboxylic acids is 1. The lowest BCUT2D eigenvalue weighted by Gasteiger charge is -2.46. The number of halogens is 2.